The molecule has 1 unspecified atom stereocenters. The second-order valence-electron chi connectivity index (χ2n) is 8.77. The molecule has 0 saturated carbocycles. The van der Waals surface area contributed by atoms with Crippen LogP contribution in [0.3, 0.4) is 0 Å². The van der Waals surface area contributed by atoms with Crippen LogP contribution in [-0.2, 0) is 16.9 Å². The lowest BCUT2D eigenvalue weighted by atomic mass is 9.84. The number of aromatic nitrogens is 6. The van der Waals surface area contributed by atoms with Crippen LogP contribution in [0.4, 0.5) is 10.5 Å². The highest BCUT2D eigenvalue weighted by Crippen LogP contribution is 2.43. The van der Waals surface area contributed by atoms with Crippen LogP contribution < -0.4 is 5.32 Å². The second-order valence-corrected chi connectivity index (χ2v) is 8.77. The van der Waals surface area contributed by atoms with E-state index in [-0.39, 0.29) is 0 Å². The Labute approximate surface area is 207 Å². The Balaban J connectivity index is 1.54. The predicted octanol–water partition coefficient (Wildman–Crippen LogP) is 5.10. The SMILES string of the molecule is CCn1c(-c2cnc(C)nc2)nc2c(-c3ccc4c(c3)C(C)(c3ccccc3)OC(=O)N4)ncnc21. The Morgan fingerprint density at radius 1 is 1.00 bits per heavy atom. The maximum Gasteiger partial charge on any atom is 0.412 e. The molecule has 5 aromatic rings. The van der Waals surface area contributed by atoms with Crippen LogP contribution in [-0.4, -0.2) is 35.6 Å². The lowest BCUT2D eigenvalue weighted by Gasteiger charge is -2.36. The first-order chi connectivity index (χ1) is 17.5. The molecule has 4 heterocycles. The van der Waals surface area contributed by atoms with E-state index >= 15 is 0 Å². The fourth-order valence-electron chi connectivity index (χ4n) is 4.72. The van der Waals surface area contributed by atoms with Gasteiger partial charge in [0.15, 0.2) is 11.2 Å². The van der Waals surface area contributed by atoms with Gasteiger partial charge >= 0.3 is 6.09 Å². The smallest absolute Gasteiger partial charge is 0.412 e. The van der Waals surface area contributed by atoms with E-state index in [0.717, 1.165) is 33.7 Å². The van der Waals surface area contributed by atoms with Crippen molar-refractivity contribution >= 4 is 22.9 Å². The minimum Gasteiger partial charge on any atom is -0.433 e. The summed E-state index contributed by atoms with van der Waals surface area (Å²) < 4.78 is 7.89. The number of benzene rings is 2. The first-order valence-electron chi connectivity index (χ1n) is 11.7. The Bertz CT molecular complexity index is 1610. The molecule has 1 N–H and O–H groups in total. The Morgan fingerprint density at radius 2 is 1.78 bits per heavy atom. The van der Waals surface area contributed by atoms with Crippen molar-refractivity contribution in [3.05, 3.63) is 84.2 Å². The lowest BCUT2D eigenvalue weighted by molar-refractivity contribution is 0.0586. The molecular formula is C27H23N7O2. The zero-order valence-electron chi connectivity index (χ0n) is 20.1. The summed E-state index contributed by atoms with van der Waals surface area (Å²) in [5.74, 6) is 1.43. The predicted molar refractivity (Wildman–Crippen MR) is 135 cm³/mol. The lowest BCUT2D eigenvalue weighted by Crippen LogP contribution is -2.38. The van der Waals surface area contributed by atoms with Gasteiger partial charge in [0.05, 0.1) is 11.3 Å². The third-order valence-corrected chi connectivity index (χ3v) is 6.55. The van der Waals surface area contributed by atoms with Crippen LogP contribution in [0.2, 0.25) is 0 Å². The number of ether oxygens (including phenoxy) is 1. The third kappa shape index (κ3) is 3.39. The topological polar surface area (TPSA) is 108 Å². The molecule has 1 aliphatic rings. The molecule has 36 heavy (non-hydrogen) atoms. The number of cyclic esters (lactones) is 1. The summed E-state index contributed by atoms with van der Waals surface area (Å²) in [6.45, 7) is 6.47. The minimum absolute atomic E-state index is 0.488. The quantitative estimate of drug-likeness (QED) is 0.383. The van der Waals surface area contributed by atoms with Gasteiger partial charge in [0.25, 0.3) is 0 Å². The molecule has 0 radical (unpaired) electrons. The van der Waals surface area contributed by atoms with E-state index in [1.54, 1.807) is 18.7 Å². The van der Waals surface area contributed by atoms with Crippen molar-refractivity contribution in [3.8, 4) is 22.6 Å². The van der Waals surface area contributed by atoms with E-state index in [2.05, 4.69) is 25.3 Å². The maximum atomic E-state index is 12.4. The van der Waals surface area contributed by atoms with Gasteiger partial charge in [-0.2, -0.15) is 0 Å². The van der Waals surface area contributed by atoms with Gasteiger partial charge in [0.2, 0.25) is 0 Å². The van der Waals surface area contributed by atoms with E-state index in [9.17, 15) is 4.79 Å². The Morgan fingerprint density at radius 3 is 2.53 bits per heavy atom. The molecule has 0 bridgehead atoms. The molecule has 1 atom stereocenters. The summed E-state index contributed by atoms with van der Waals surface area (Å²) in [7, 11) is 0. The summed E-state index contributed by atoms with van der Waals surface area (Å²) >= 11 is 0. The molecule has 0 spiro atoms. The van der Waals surface area contributed by atoms with Gasteiger partial charge in [-0.3, -0.25) is 5.32 Å². The van der Waals surface area contributed by atoms with Gasteiger partial charge in [-0.15, -0.1) is 0 Å². The van der Waals surface area contributed by atoms with Crippen LogP contribution in [0.25, 0.3) is 33.8 Å². The fraction of sp³-hybridized carbons (Fsp3) is 0.185. The number of anilines is 1. The van der Waals surface area contributed by atoms with Crippen LogP contribution in [0.15, 0.2) is 67.3 Å². The number of imidazole rings is 1. The molecule has 0 aliphatic carbocycles. The van der Waals surface area contributed by atoms with Crippen LogP contribution in [0, 0.1) is 6.92 Å². The molecule has 1 aliphatic heterocycles. The highest BCUT2D eigenvalue weighted by atomic mass is 16.6. The van der Waals surface area contributed by atoms with Crippen molar-refractivity contribution in [2.75, 3.05) is 5.32 Å². The number of rotatable bonds is 4. The summed E-state index contributed by atoms with van der Waals surface area (Å²) in [5, 5.41) is 2.82. The molecule has 1 amide bonds. The van der Waals surface area contributed by atoms with Gasteiger partial charge in [0.1, 0.15) is 29.2 Å². The zero-order valence-corrected chi connectivity index (χ0v) is 20.1. The number of hydrogen-bond donors (Lipinski definition) is 1. The van der Waals surface area contributed by atoms with Gasteiger partial charge < -0.3 is 9.30 Å². The van der Waals surface area contributed by atoms with Crippen molar-refractivity contribution in [1.29, 1.82) is 0 Å². The van der Waals surface area contributed by atoms with Crippen molar-refractivity contribution in [2.45, 2.75) is 32.9 Å². The largest absolute Gasteiger partial charge is 0.433 e. The van der Waals surface area contributed by atoms with Crippen molar-refractivity contribution in [2.24, 2.45) is 0 Å². The molecule has 6 rings (SSSR count). The average molecular weight is 478 g/mol. The van der Waals surface area contributed by atoms with Gasteiger partial charge in [0, 0.05) is 30.1 Å². The van der Waals surface area contributed by atoms with Gasteiger partial charge in [-0.25, -0.2) is 29.7 Å². The molecule has 2 aromatic carbocycles. The Hall–Kier alpha value is -4.66. The van der Waals surface area contributed by atoms with Crippen LogP contribution >= 0.6 is 0 Å². The summed E-state index contributed by atoms with van der Waals surface area (Å²) in [6.07, 6.45) is 4.60. The highest BCUT2D eigenvalue weighted by molar-refractivity contribution is 5.93. The molecule has 9 nitrogen and oxygen atoms in total. The zero-order chi connectivity index (χ0) is 24.9. The van der Waals surface area contributed by atoms with Crippen molar-refractivity contribution in [3.63, 3.8) is 0 Å². The number of nitrogens with zero attached hydrogens (tertiary/aromatic N) is 6. The maximum absolute atomic E-state index is 12.4. The van der Waals surface area contributed by atoms with Crippen molar-refractivity contribution in [1.82, 2.24) is 29.5 Å². The standard InChI is InChI=1S/C27H23N7O2/c1-4-34-24(18-13-28-16(2)29-14-18)33-23-22(30-15-31-25(23)34)17-10-11-21-20(12-17)27(3,36-26(35)32-21)19-8-6-5-7-9-19/h5-15H,4H2,1-3H3,(H,32,35). The second kappa shape index (κ2) is 8.23. The van der Waals surface area contributed by atoms with Crippen molar-refractivity contribution < 1.29 is 9.53 Å². The summed E-state index contributed by atoms with van der Waals surface area (Å²) in [4.78, 5) is 35.1. The minimum atomic E-state index is -0.964. The number of aryl methyl sites for hydroxylation is 2. The summed E-state index contributed by atoms with van der Waals surface area (Å²) in [5.41, 5.74) is 5.19. The molecular weight excluding hydrogens is 454 g/mol. The first-order valence-corrected chi connectivity index (χ1v) is 11.7. The first kappa shape index (κ1) is 21.8. The van der Waals surface area contributed by atoms with Gasteiger partial charge in [-0.05, 0) is 38.5 Å². The molecule has 178 valence electrons. The molecule has 9 heteroatoms. The van der Waals surface area contributed by atoms with Gasteiger partial charge in [-0.1, -0.05) is 36.4 Å². The number of amides is 1. The number of carbonyl (C=O) groups is 1. The fourth-order valence-corrected chi connectivity index (χ4v) is 4.72. The Kier molecular flexibility index (Phi) is 4.99. The van der Waals surface area contributed by atoms with E-state index in [1.165, 1.54) is 0 Å². The molecule has 0 fully saturated rings. The van der Waals surface area contributed by atoms with E-state index in [0.29, 0.717) is 29.3 Å². The summed E-state index contributed by atoms with van der Waals surface area (Å²) in [6, 6.07) is 15.5. The monoisotopic (exact) mass is 477 g/mol. The molecule has 3 aromatic heterocycles. The number of hydrogen-bond acceptors (Lipinski definition) is 7. The van der Waals surface area contributed by atoms with Crippen LogP contribution in [0.5, 0.6) is 0 Å². The normalized spacial score (nSPS) is 16.9. The van der Waals surface area contributed by atoms with E-state index in [4.69, 9.17) is 9.72 Å². The van der Waals surface area contributed by atoms with Crippen LogP contribution in [0.1, 0.15) is 30.8 Å². The number of nitrogens with one attached hydrogen (secondary N) is 1. The highest BCUT2D eigenvalue weighted by Gasteiger charge is 2.39. The number of carbonyl (C=O) groups excluding carboxylic acids is 1. The molecule has 0 saturated heterocycles. The average Bonchev–Trinajstić information content (AvgIpc) is 3.28. The van der Waals surface area contributed by atoms with E-state index in [1.807, 2.05) is 73.9 Å². The van der Waals surface area contributed by atoms with E-state index < -0.39 is 11.7 Å². The number of fused-ring (bicyclic) bond motifs is 2. The third-order valence-electron chi connectivity index (χ3n) is 6.55.